The summed E-state index contributed by atoms with van der Waals surface area (Å²) in [6.45, 7) is 1.84. The first-order valence-corrected chi connectivity index (χ1v) is 6.37. The van der Waals surface area contributed by atoms with E-state index in [2.05, 4.69) is 5.32 Å². The molecule has 2 rings (SSSR count). The number of aryl methyl sites for hydroxylation is 1. The third kappa shape index (κ3) is 2.91. The molecule has 0 aromatic heterocycles. The first-order valence-electron chi connectivity index (χ1n) is 5.99. The van der Waals surface area contributed by atoms with E-state index in [4.69, 9.17) is 11.6 Å². The summed E-state index contributed by atoms with van der Waals surface area (Å²) in [7, 11) is 0. The summed E-state index contributed by atoms with van der Waals surface area (Å²) in [5, 5.41) is 12.2. The minimum atomic E-state index is -1.25. The summed E-state index contributed by atoms with van der Waals surface area (Å²) in [5.41, 5.74) is 1.43. The van der Waals surface area contributed by atoms with Crippen LogP contribution in [0, 0.1) is 12.7 Å². The average molecular weight is 294 g/mol. The highest BCUT2D eigenvalue weighted by molar-refractivity contribution is 6.31. The Morgan fingerprint density at radius 2 is 1.95 bits per heavy atom. The first kappa shape index (κ1) is 14.3. The van der Waals surface area contributed by atoms with Crippen LogP contribution in [0.1, 0.15) is 17.2 Å². The fourth-order valence-electron chi connectivity index (χ4n) is 1.93. The Hall–Kier alpha value is -2.07. The number of carboxylic acid groups (broad SMARTS) is 1. The molecule has 2 aromatic rings. The molecule has 2 N–H and O–H groups in total. The van der Waals surface area contributed by atoms with Crippen molar-refractivity contribution in [1.82, 2.24) is 0 Å². The van der Waals surface area contributed by atoms with E-state index in [-0.39, 0.29) is 10.6 Å². The molecular weight excluding hydrogens is 281 g/mol. The van der Waals surface area contributed by atoms with Crippen molar-refractivity contribution in [3.63, 3.8) is 0 Å². The van der Waals surface area contributed by atoms with Crippen LogP contribution < -0.4 is 5.32 Å². The summed E-state index contributed by atoms with van der Waals surface area (Å²) in [6, 6.07) is 10.0. The Labute approximate surface area is 121 Å². The van der Waals surface area contributed by atoms with Crippen LogP contribution in [0.4, 0.5) is 10.1 Å². The van der Waals surface area contributed by atoms with Crippen LogP contribution in [-0.4, -0.2) is 11.1 Å². The molecule has 2 aromatic carbocycles. The zero-order chi connectivity index (χ0) is 14.7. The Morgan fingerprint density at radius 1 is 1.25 bits per heavy atom. The number of para-hydroxylation sites is 1. The molecule has 0 aliphatic heterocycles. The quantitative estimate of drug-likeness (QED) is 0.895. The Balaban J connectivity index is 2.43. The molecule has 1 unspecified atom stereocenters. The van der Waals surface area contributed by atoms with Gasteiger partial charge in [0.15, 0.2) is 6.04 Å². The Bertz CT molecular complexity index is 625. The fourth-order valence-corrected chi connectivity index (χ4v) is 2.21. The Morgan fingerprint density at radius 3 is 2.55 bits per heavy atom. The van der Waals surface area contributed by atoms with Gasteiger partial charge < -0.3 is 10.4 Å². The maximum atomic E-state index is 13.9. The van der Waals surface area contributed by atoms with Gasteiger partial charge in [-0.2, -0.15) is 0 Å². The van der Waals surface area contributed by atoms with Gasteiger partial charge in [-0.1, -0.05) is 35.9 Å². The second-order valence-corrected chi connectivity index (χ2v) is 4.77. The number of nitrogens with one attached hydrogen (secondary N) is 1. The van der Waals surface area contributed by atoms with Crippen LogP contribution in [0.15, 0.2) is 42.5 Å². The van der Waals surface area contributed by atoms with E-state index in [1.54, 1.807) is 12.1 Å². The van der Waals surface area contributed by atoms with Crippen molar-refractivity contribution >= 4 is 23.3 Å². The van der Waals surface area contributed by atoms with E-state index >= 15 is 0 Å². The number of halogens is 2. The monoisotopic (exact) mass is 293 g/mol. The summed E-state index contributed by atoms with van der Waals surface area (Å²) >= 11 is 5.93. The largest absolute Gasteiger partial charge is 0.479 e. The maximum Gasteiger partial charge on any atom is 0.330 e. The molecule has 0 bridgehead atoms. The highest BCUT2D eigenvalue weighted by Gasteiger charge is 2.26. The standard InChI is InChI=1S/C15H13ClFNO2/c1-9-5-2-3-8-12(9)18-14(15(19)20)13-10(16)6-4-7-11(13)17/h2-8,14,18H,1H3,(H,19,20). The summed E-state index contributed by atoms with van der Waals surface area (Å²) in [5.74, 6) is -1.84. The minimum absolute atomic E-state index is 0.0649. The second kappa shape index (κ2) is 5.92. The molecular formula is C15H13ClFNO2. The van der Waals surface area contributed by atoms with Crippen molar-refractivity contribution in [3.8, 4) is 0 Å². The van der Waals surface area contributed by atoms with Crippen molar-refractivity contribution in [2.24, 2.45) is 0 Å². The van der Waals surface area contributed by atoms with Gasteiger partial charge >= 0.3 is 5.97 Å². The number of benzene rings is 2. The van der Waals surface area contributed by atoms with E-state index in [9.17, 15) is 14.3 Å². The van der Waals surface area contributed by atoms with Gasteiger partial charge in [0, 0.05) is 16.3 Å². The molecule has 104 valence electrons. The SMILES string of the molecule is Cc1ccccc1NC(C(=O)O)c1c(F)cccc1Cl. The van der Waals surface area contributed by atoms with Crippen molar-refractivity contribution in [3.05, 3.63) is 64.4 Å². The third-order valence-electron chi connectivity index (χ3n) is 2.98. The van der Waals surface area contributed by atoms with Crippen molar-refractivity contribution in [2.45, 2.75) is 13.0 Å². The van der Waals surface area contributed by atoms with Gasteiger partial charge in [0.1, 0.15) is 5.82 Å². The molecule has 0 saturated heterocycles. The van der Waals surface area contributed by atoms with Gasteiger partial charge in [-0.05, 0) is 30.7 Å². The number of rotatable bonds is 4. The molecule has 1 atom stereocenters. The van der Waals surface area contributed by atoms with E-state index in [0.717, 1.165) is 5.56 Å². The van der Waals surface area contributed by atoms with Gasteiger partial charge in [0.2, 0.25) is 0 Å². The van der Waals surface area contributed by atoms with Crippen molar-refractivity contribution < 1.29 is 14.3 Å². The number of aliphatic carboxylic acids is 1. The number of carboxylic acids is 1. The first-order chi connectivity index (χ1) is 9.50. The Kier molecular flexibility index (Phi) is 4.25. The molecule has 0 saturated carbocycles. The highest BCUT2D eigenvalue weighted by Crippen LogP contribution is 2.29. The zero-order valence-corrected chi connectivity index (χ0v) is 11.5. The second-order valence-electron chi connectivity index (χ2n) is 4.37. The van der Waals surface area contributed by atoms with E-state index in [0.29, 0.717) is 5.69 Å². The number of hydrogen-bond donors (Lipinski definition) is 2. The molecule has 0 amide bonds. The third-order valence-corrected chi connectivity index (χ3v) is 3.31. The van der Waals surface area contributed by atoms with Crippen LogP contribution in [-0.2, 0) is 4.79 Å². The molecule has 20 heavy (non-hydrogen) atoms. The molecule has 0 aliphatic rings. The summed E-state index contributed by atoms with van der Waals surface area (Å²) < 4.78 is 13.9. The van der Waals surface area contributed by atoms with Crippen LogP contribution in [0.5, 0.6) is 0 Å². The molecule has 5 heteroatoms. The lowest BCUT2D eigenvalue weighted by atomic mass is 10.0. The highest BCUT2D eigenvalue weighted by atomic mass is 35.5. The van der Waals surface area contributed by atoms with Crippen LogP contribution in [0.25, 0.3) is 0 Å². The van der Waals surface area contributed by atoms with Gasteiger partial charge in [0.25, 0.3) is 0 Å². The minimum Gasteiger partial charge on any atom is -0.479 e. The molecule has 0 radical (unpaired) electrons. The smallest absolute Gasteiger partial charge is 0.330 e. The van der Waals surface area contributed by atoms with Gasteiger partial charge in [-0.3, -0.25) is 0 Å². The lowest BCUT2D eigenvalue weighted by molar-refractivity contribution is -0.138. The molecule has 0 fully saturated rings. The number of carbonyl (C=O) groups is 1. The van der Waals surface area contributed by atoms with Gasteiger partial charge in [0.05, 0.1) is 0 Å². The van der Waals surface area contributed by atoms with Crippen molar-refractivity contribution in [1.29, 1.82) is 0 Å². The molecule has 0 spiro atoms. The lowest BCUT2D eigenvalue weighted by Gasteiger charge is -2.19. The number of anilines is 1. The fraction of sp³-hybridized carbons (Fsp3) is 0.133. The van der Waals surface area contributed by atoms with E-state index in [1.165, 1.54) is 18.2 Å². The predicted octanol–water partition coefficient (Wildman–Crippen LogP) is 4.03. The molecule has 0 aliphatic carbocycles. The molecule has 0 heterocycles. The topological polar surface area (TPSA) is 49.3 Å². The van der Waals surface area contributed by atoms with E-state index < -0.39 is 17.8 Å². The predicted molar refractivity (Wildman–Crippen MR) is 76.6 cm³/mol. The van der Waals surface area contributed by atoms with Gasteiger partial charge in [-0.15, -0.1) is 0 Å². The maximum absolute atomic E-state index is 13.9. The number of hydrogen-bond acceptors (Lipinski definition) is 2. The van der Waals surface area contributed by atoms with Crippen molar-refractivity contribution in [2.75, 3.05) is 5.32 Å². The normalized spacial score (nSPS) is 11.9. The average Bonchev–Trinajstić information content (AvgIpc) is 2.39. The zero-order valence-electron chi connectivity index (χ0n) is 10.7. The molecule has 3 nitrogen and oxygen atoms in total. The van der Waals surface area contributed by atoms with E-state index in [1.807, 2.05) is 19.1 Å². The van der Waals surface area contributed by atoms with Crippen LogP contribution in [0.3, 0.4) is 0 Å². The lowest BCUT2D eigenvalue weighted by Crippen LogP contribution is -2.22. The van der Waals surface area contributed by atoms with Gasteiger partial charge in [-0.25, -0.2) is 9.18 Å². The summed E-state index contributed by atoms with van der Waals surface area (Å²) in [4.78, 5) is 11.4. The van der Waals surface area contributed by atoms with Crippen LogP contribution in [0.2, 0.25) is 5.02 Å². The van der Waals surface area contributed by atoms with Crippen LogP contribution >= 0.6 is 11.6 Å². The summed E-state index contributed by atoms with van der Waals surface area (Å²) in [6.07, 6.45) is 0.